The van der Waals surface area contributed by atoms with Crippen molar-refractivity contribution >= 4 is 22.6 Å². The summed E-state index contributed by atoms with van der Waals surface area (Å²) in [6.07, 6.45) is 1.59. The van der Waals surface area contributed by atoms with Gasteiger partial charge >= 0.3 is 0 Å². The molecule has 1 heterocycles. The van der Waals surface area contributed by atoms with E-state index in [1.54, 1.807) is 25.3 Å². The van der Waals surface area contributed by atoms with E-state index in [2.05, 4.69) is 5.32 Å². The Morgan fingerprint density at radius 3 is 2.94 bits per heavy atom. The number of aliphatic hydroxyl groups is 1. The molecule has 0 saturated heterocycles. The minimum absolute atomic E-state index is 0.104. The molecule has 0 amide bonds. The molecule has 2 atom stereocenters. The number of fused-ring (bicyclic) bond motifs is 1. The monoisotopic (exact) mass is 271 g/mol. The van der Waals surface area contributed by atoms with Crippen LogP contribution in [-0.4, -0.2) is 23.8 Å². The Bertz CT molecular complexity index is 526. The van der Waals surface area contributed by atoms with Crippen molar-refractivity contribution in [2.75, 3.05) is 12.7 Å². The Labute approximate surface area is 110 Å². The van der Waals surface area contributed by atoms with E-state index in [0.29, 0.717) is 11.1 Å². The lowest BCUT2D eigenvalue weighted by molar-refractivity contribution is 0.0190. The molecular weight excluding hydrogens is 257 g/mol. The molecule has 2 rings (SSSR count). The maximum absolute atomic E-state index is 12.4. The van der Waals surface area contributed by atoms with E-state index in [-0.39, 0.29) is 5.88 Å². The van der Waals surface area contributed by atoms with E-state index in [9.17, 15) is 9.50 Å². The van der Waals surface area contributed by atoms with Crippen LogP contribution in [0.25, 0.3) is 11.0 Å². The zero-order valence-electron chi connectivity index (χ0n) is 9.99. The maximum atomic E-state index is 12.4. The second-order valence-electron chi connectivity index (χ2n) is 4.37. The number of rotatable bonds is 5. The van der Waals surface area contributed by atoms with Crippen LogP contribution in [0.5, 0.6) is 0 Å². The molecule has 2 aromatic rings. The first-order valence-electron chi connectivity index (χ1n) is 5.65. The average Bonchev–Trinajstić information content (AvgIpc) is 2.82. The third kappa shape index (κ3) is 2.36. The molecule has 0 aliphatic rings. The smallest absolute Gasteiger partial charge is 0.140 e. The van der Waals surface area contributed by atoms with Gasteiger partial charge in [0.15, 0.2) is 0 Å². The number of hydrogen-bond donors (Lipinski definition) is 2. The molecule has 1 aromatic carbocycles. The summed E-state index contributed by atoms with van der Waals surface area (Å²) in [5.74, 6) is 0.104. The SMILES string of the molecule is CC(O)(c1ccc2ccoc2c1)C(CCl)NCF. The lowest BCUT2D eigenvalue weighted by Gasteiger charge is -2.32. The van der Waals surface area contributed by atoms with Crippen LogP contribution in [0.1, 0.15) is 12.5 Å². The highest BCUT2D eigenvalue weighted by molar-refractivity contribution is 6.18. The first-order valence-corrected chi connectivity index (χ1v) is 6.18. The van der Waals surface area contributed by atoms with Gasteiger partial charge in [-0.2, -0.15) is 0 Å². The van der Waals surface area contributed by atoms with Gasteiger partial charge in [-0.25, -0.2) is 4.39 Å². The van der Waals surface area contributed by atoms with Crippen LogP contribution in [-0.2, 0) is 5.60 Å². The molecule has 0 bridgehead atoms. The Morgan fingerprint density at radius 1 is 1.50 bits per heavy atom. The first kappa shape index (κ1) is 13.3. The molecule has 0 aliphatic heterocycles. The minimum Gasteiger partial charge on any atom is -0.464 e. The summed E-state index contributed by atoms with van der Waals surface area (Å²) in [7, 11) is 0. The minimum atomic E-state index is -1.27. The Morgan fingerprint density at radius 2 is 2.28 bits per heavy atom. The van der Waals surface area contributed by atoms with Gasteiger partial charge < -0.3 is 9.52 Å². The quantitative estimate of drug-likeness (QED) is 0.649. The Kier molecular flexibility index (Phi) is 3.90. The van der Waals surface area contributed by atoms with Crippen molar-refractivity contribution in [1.82, 2.24) is 5.32 Å². The number of hydrogen-bond acceptors (Lipinski definition) is 3. The number of alkyl halides is 2. The number of furan rings is 1. The second kappa shape index (κ2) is 5.26. The van der Waals surface area contributed by atoms with Crippen LogP contribution in [0.15, 0.2) is 34.9 Å². The van der Waals surface area contributed by atoms with Gasteiger partial charge in [-0.05, 0) is 24.6 Å². The zero-order valence-corrected chi connectivity index (χ0v) is 10.7. The molecule has 1 aromatic heterocycles. The molecule has 0 saturated carbocycles. The van der Waals surface area contributed by atoms with E-state index >= 15 is 0 Å². The molecule has 98 valence electrons. The number of nitrogens with one attached hydrogen (secondary N) is 1. The van der Waals surface area contributed by atoms with E-state index in [4.69, 9.17) is 16.0 Å². The van der Waals surface area contributed by atoms with Crippen LogP contribution < -0.4 is 5.32 Å². The Hall–Kier alpha value is -1.10. The van der Waals surface area contributed by atoms with Gasteiger partial charge in [0.2, 0.25) is 0 Å². The van der Waals surface area contributed by atoms with Gasteiger partial charge in [-0.1, -0.05) is 12.1 Å². The van der Waals surface area contributed by atoms with Crippen LogP contribution in [0.2, 0.25) is 0 Å². The topological polar surface area (TPSA) is 45.4 Å². The maximum Gasteiger partial charge on any atom is 0.140 e. The molecule has 0 spiro atoms. The van der Waals surface area contributed by atoms with E-state index in [0.717, 1.165) is 5.39 Å². The van der Waals surface area contributed by atoms with Crippen molar-refractivity contribution < 1.29 is 13.9 Å². The first-order chi connectivity index (χ1) is 8.59. The second-order valence-corrected chi connectivity index (χ2v) is 4.67. The normalized spacial score (nSPS) is 16.7. The number of halogens is 2. The van der Waals surface area contributed by atoms with Crippen LogP contribution in [0.4, 0.5) is 4.39 Å². The van der Waals surface area contributed by atoms with Crippen molar-refractivity contribution in [3.63, 3.8) is 0 Å². The predicted octanol–water partition coefficient (Wildman–Crippen LogP) is 2.76. The van der Waals surface area contributed by atoms with Crippen molar-refractivity contribution in [1.29, 1.82) is 0 Å². The van der Waals surface area contributed by atoms with Crippen molar-refractivity contribution in [2.45, 2.75) is 18.6 Å². The van der Waals surface area contributed by atoms with Crippen LogP contribution in [0, 0.1) is 0 Å². The van der Waals surface area contributed by atoms with Crippen molar-refractivity contribution in [2.24, 2.45) is 0 Å². The van der Waals surface area contributed by atoms with Gasteiger partial charge in [0.05, 0.1) is 12.3 Å². The van der Waals surface area contributed by atoms with E-state index < -0.39 is 18.4 Å². The molecule has 18 heavy (non-hydrogen) atoms. The molecule has 5 heteroatoms. The van der Waals surface area contributed by atoms with Crippen molar-refractivity contribution in [3.05, 3.63) is 36.1 Å². The Balaban J connectivity index is 2.37. The van der Waals surface area contributed by atoms with Gasteiger partial charge in [0, 0.05) is 11.3 Å². The molecule has 2 unspecified atom stereocenters. The van der Waals surface area contributed by atoms with Crippen LogP contribution in [0.3, 0.4) is 0 Å². The highest BCUT2D eigenvalue weighted by atomic mass is 35.5. The fourth-order valence-electron chi connectivity index (χ4n) is 1.97. The fourth-order valence-corrected chi connectivity index (χ4v) is 2.38. The third-order valence-corrected chi connectivity index (χ3v) is 3.51. The molecular formula is C13H15ClFNO2. The lowest BCUT2D eigenvalue weighted by atomic mass is 9.89. The molecule has 0 aliphatic carbocycles. The summed E-state index contributed by atoms with van der Waals surface area (Å²) in [4.78, 5) is 0. The summed E-state index contributed by atoms with van der Waals surface area (Å²) >= 11 is 5.77. The zero-order chi connectivity index (χ0) is 13.2. The highest BCUT2D eigenvalue weighted by Crippen LogP contribution is 2.28. The highest BCUT2D eigenvalue weighted by Gasteiger charge is 2.33. The van der Waals surface area contributed by atoms with Crippen LogP contribution >= 0.6 is 11.6 Å². The summed E-state index contributed by atoms with van der Waals surface area (Å²) < 4.78 is 17.7. The molecule has 3 nitrogen and oxygen atoms in total. The van der Waals surface area contributed by atoms with Gasteiger partial charge in [0.25, 0.3) is 0 Å². The summed E-state index contributed by atoms with van der Waals surface area (Å²) in [6.45, 7) is 0.864. The predicted molar refractivity (Wildman–Crippen MR) is 69.4 cm³/mol. The summed E-state index contributed by atoms with van der Waals surface area (Å²) in [5.41, 5.74) is 0.0485. The number of benzene rings is 1. The van der Waals surface area contributed by atoms with E-state index in [1.165, 1.54) is 0 Å². The fraction of sp³-hybridized carbons (Fsp3) is 0.385. The van der Waals surface area contributed by atoms with Gasteiger partial charge in [0.1, 0.15) is 18.0 Å². The van der Waals surface area contributed by atoms with Gasteiger partial charge in [-0.3, -0.25) is 5.32 Å². The standard InChI is InChI=1S/C13H15ClFNO2/c1-13(17,12(7-14)16-8-15)10-3-2-9-4-5-18-11(9)6-10/h2-6,12,16-17H,7-8H2,1H3. The van der Waals surface area contributed by atoms with Crippen molar-refractivity contribution in [3.8, 4) is 0 Å². The van der Waals surface area contributed by atoms with Gasteiger partial charge in [-0.15, -0.1) is 11.6 Å². The van der Waals surface area contributed by atoms with E-state index in [1.807, 2.05) is 12.1 Å². The molecule has 2 N–H and O–H groups in total. The summed E-state index contributed by atoms with van der Waals surface area (Å²) in [5, 5.41) is 14.0. The average molecular weight is 272 g/mol. The molecule has 0 fully saturated rings. The summed E-state index contributed by atoms with van der Waals surface area (Å²) in [6, 6.07) is 6.65. The molecule has 0 radical (unpaired) electrons. The lowest BCUT2D eigenvalue weighted by Crippen LogP contribution is -2.47. The third-order valence-electron chi connectivity index (χ3n) is 3.20. The largest absolute Gasteiger partial charge is 0.464 e.